The predicted molar refractivity (Wildman–Crippen MR) is 94.3 cm³/mol. The SMILES string of the molecule is CCNCc1ccc(SCC2Cc3ccccc3S2)cc1. The van der Waals surface area contributed by atoms with Gasteiger partial charge < -0.3 is 5.32 Å². The summed E-state index contributed by atoms with van der Waals surface area (Å²) in [6, 6.07) is 17.8. The predicted octanol–water partition coefficient (Wildman–Crippen LogP) is 4.61. The molecule has 0 spiro atoms. The first-order valence-electron chi connectivity index (χ1n) is 7.52. The summed E-state index contributed by atoms with van der Waals surface area (Å²) in [6.45, 7) is 4.13. The molecule has 1 nitrogen and oxygen atoms in total. The topological polar surface area (TPSA) is 12.0 Å². The molecule has 1 heterocycles. The van der Waals surface area contributed by atoms with E-state index in [1.807, 2.05) is 23.5 Å². The summed E-state index contributed by atoms with van der Waals surface area (Å²) in [5.41, 5.74) is 2.89. The minimum absolute atomic E-state index is 0.717. The third kappa shape index (κ3) is 4.06. The summed E-state index contributed by atoms with van der Waals surface area (Å²) in [5.74, 6) is 1.19. The van der Waals surface area contributed by atoms with Crippen molar-refractivity contribution in [2.24, 2.45) is 0 Å². The standard InChI is InChI=1S/C18H21NS2/c1-2-19-12-14-7-9-16(10-8-14)20-13-17-11-15-5-3-4-6-18(15)21-17/h3-10,17,19H,2,11-13H2,1H3. The van der Waals surface area contributed by atoms with Gasteiger partial charge in [-0.3, -0.25) is 0 Å². The van der Waals surface area contributed by atoms with Crippen molar-refractivity contribution in [1.82, 2.24) is 5.32 Å². The average molecular weight is 316 g/mol. The van der Waals surface area contributed by atoms with Crippen LogP contribution in [0.2, 0.25) is 0 Å². The highest BCUT2D eigenvalue weighted by molar-refractivity contribution is 8.03. The molecule has 1 aliphatic rings. The minimum Gasteiger partial charge on any atom is -0.313 e. The van der Waals surface area contributed by atoms with Crippen molar-refractivity contribution in [2.45, 2.75) is 34.9 Å². The highest BCUT2D eigenvalue weighted by atomic mass is 32.2. The molecule has 1 N–H and O–H groups in total. The second-order valence-electron chi connectivity index (χ2n) is 5.29. The van der Waals surface area contributed by atoms with Crippen LogP contribution in [0.5, 0.6) is 0 Å². The van der Waals surface area contributed by atoms with E-state index in [2.05, 4.69) is 60.8 Å². The van der Waals surface area contributed by atoms with Gasteiger partial charge in [-0.15, -0.1) is 23.5 Å². The van der Waals surface area contributed by atoms with E-state index in [1.54, 1.807) is 0 Å². The van der Waals surface area contributed by atoms with E-state index >= 15 is 0 Å². The highest BCUT2D eigenvalue weighted by Crippen LogP contribution is 2.39. The zero-order valence-electron chi connectivity index (χ0n) is 12.3. The van der Waals surface area contributed by atoms with Gasteiger partial charge in [-0.05, 0) is 42.3 Å². The van der Waals surface area contributed by atoms with E-state index in [4.69, 9.17) is 0 Å². The maximum atomic E-state index is 3.36. The Balaban J connectivity index is 1.50. The first kappa shape index (κ1) is 15.0. The molecule has 1 unspecified atom stereocenters. The smallest absolute Gasteiger partial charge is 0.0229 e. The first-order chi connectivity index (χ1) is 10.3. The molecule has 0 aromatic heterocycles. The zero-order valence-corrected chi connectivity index (χ0v) is 14.0. The van der Waals surface area contributed by atoms with Gasteiger partial charge in [-0.2, -0.15) is 0 Å². The van der Waals surface area contributed by atoms with E-state index in [0.717, 1.165) is 13.1 Å². The number of hydrogen-bond donors (Lipinski definition) is 1. The van der Waals surface area contributed by atoms with Gasteiger partial charge >= 0.3 is 0 Å². The third-order valence-electron chi connectivity index (χ3n) is 3.65. The molecule has 1 atom stereocenters. The molecule has 0 fully saturated rings. The van der Waals surface area contributed by atoms with E-state index in [0.29, 0.717) is 5.25 Å². The van der Waals surface area contributed by atoms with Gasteiger partial charge in [0.2, 0.25) is 0 Å². The van der Waals surface area contributed by atoms with Gasteiger partial charge in [0.05, 0.1) is 0 Å². The monoisotopic (exact) mass is 315 g/mol. The Bertz CT molecular complexity index is 555. The molecule has 2 aromatic rings. The van der Waals surface area contributed by atoms with Crippen LogP contribution in [-0.4, -0.2) is 17.5 Å². The molecule has 1 aliphatic heterocycles. The normalized spacial score (nSPS) is 16.9. The molecule has 0 bridgehead atoms. The number of hydrogen-bond acceptors (Lipinski definition) is 3. The summed E-state index contributed by atoms with van der Waals surface area (Å²) >= 11 is 4.02. The second kappa shape index (κ2) is 7.39. The fourth-order valence-electron chi connectivity index (χ4n) is 2.51. The van der Waals surface area contributed by atoms with Crippen LogP contribution in [0.1, 0.15) is 18.1 Å². The van der Waals surface area contributed by atoms with Gasteiger partial charge in [0, 0.05) is 27.3 Å². The van der Waals surface area contributed by atoms with Gasteiger partial charge in [0.15, 0.2) is 0 Å². The molecule has 0 saturated heterocycles. The zero-order chi connectivity index (χ0) is 14.5. The number of nitrogens with one attached hydrogen (secondary N) is 1. The van der Waals surface area contributed by atoms with Crippen LogP contribution >= 0.6 is 23.5 Å². The van der Waals surface area contributed by atoms with E-state index in [1.165, 1.54) is 33.1 Å². The van der Waals surface area contributed by atoms with Crippen LogP contribution in [0.25, 0.3) is 0 Å². The van der Waals surface area contributed by atoms with Crippen LogP contribution in [0.4, 0.5) is 0 Å². The van der Waals surface area contributed by atoms with Crippen molar-refractivity contribution in [2.75, 3.05) is 12.3 Å². The highest BCUT2D eigenvalue weighted by Gasteiger charge is 2.21. The summed E-state index contributed by atoms with van der Waals surface area (Å²) in [6.07, 6.45) is 1.21. The number of rotatable bonds is 6. The third-order valence-corrected chi connectivity index (χ3v) is 6.36. The summed E-state index contributed by atoms with van der Waals surface area (Å²) < 4.78 is 0. The molecule has 2 aromatic carbocycles. The van der Waals surface area contributed by atoms with Crippen LogP contribution < -0.4 is 5.32 Å². The summed E-state index contributed by atoms with van der Waals surface area (Å²) in [4.78, 5) is 2.86. The molecule has 110 valence electrons. The lowest BCUT2D eigenvalue weighted by Crippen LogP contribution is -2.11. The van der Waals surface area contributed by atoms with Crippen LogP contribution in [0.3, 0.4) is 0 Å². The van der Waals surface area contributed by atoms with E-state index in [9.17, 15) is 0 Å². The Morgan fingerprint density at radius 1 is 1.14 bits per heavy atom. The minimum atomic E-state index is 0.717. The van der Waals surface area contributed by atoms with Crippen LogP contribution in [0.15, 0.2) is 58.3 Å². The van der Waals surface area contributed by atoms with Crippen molar-refractivity contribution in [3.63, 3.8) is 0 Å². The lowest BCUT2D eigenvalue weighted by Gasteiger charge is -2.08. The quantitative estimate of drug-likeness (QED) is 0.782. The van der Waals surface area contributed by atoms with Gasteiger partial charge in [0.1, 0.15) is 0 Å². The first-order valence-corrected chi connectivity index (χ1v) is 9.38. The number of benzene rings is 2. The van der Waals surface area contributed by atoms with Crippen LogP contribution in [-0.2, 0) is 13.0 Å². The molecular weight excluding hydrogens is 294 g/mol. The van der Waals surface area contributed by atoms with E-state index in [-0.39, 0.29) is 0 Å². The molecule has 0 radical (unpaired) electrons. The van der Waals surface area contributed by atoms with Gasteiger partial charge in [-0.25, -0.2) is 0 Å². The summed E-state index contributed by atoms with van der Waals surface area (Å²) in [7, 11) is 0. The fraction of sp³-hybridized carbons (Fsp3) is 0.333. The lowest BCUT2D eigenvalue weighted by atomic mass is 10.1. The van der Waals surface area contributed by atoms with Gasteiger partial charge in [-0.1, -0.05) is 37.3 Å². The molecule has 3 heteroatoms. The van der Waals surface area contributed by atoms with Crippen molar-refractivity contribution in [3.05, 3.63) is 59.7 Å². The second-order valence-corrected chi connectivity index (χ2v) is 7.72. The number of fused-ring (bicyclic) bond motifs is 1. The fourth-order valence-corrected chi connectivity index (χ4v) is 4.89. The van der Waals surface area contributed by atoms with Gasteiger partial charge in [0.25, 0.3) is 0 Å². The van der Waals surface area contributed by atoms with Crippen molar-refractivity contribution in [1.29, 1.82) is 0 Å². The molecule has 3 rings (SSSR count). The van der Waals surface area contributed by atoms with E-state index < -0.39 is 0 Å². The lowest BCUT2D eigenvalue weighted by molar-refractivity contribution is 0.726. The molecule has 0 saturated carbocycles. The largest absolute Gasteiger partial charge is 0.313 e. The Kier molecular flexibility index (Phi) is 5.28. The van der Waals surface area contributed by atoms with Crippen molar-refractivity contribution in [3.8, 4) is 0 Å². The molecule has 21 heavy (non-hydrogen) atoms. The maximum Gasteiger partial charge on any atom is 0.0229 e. The molecule has 0 amide bonds. The summed E-state index contributed by atoms with van der Waals surface area (Å²) in [5, 5.41) is 4.08. The Hall–Kier alpha value is -0.900. The Labute approximate surface area is 135 Å². The van der Waals surface area contributed by atoms with Crippen molar-refractivity contribution < 1.29 is 0 Å². The Morgan fingerprint density at radius 2 is 1.95 bits per heavy atom. The average Bonchev–Trinajstić information content (AvgIpc) is 2.95. The molecule has 0 aliphatic carbocycles. The van der Waals surface area contributed by atoms with Crippen LogP contribution in [0, 0.1) is 0 Å². The van der Waals surface area contributed by atoms with Crippen molar-refractivity contribution >= 4 is 23.5 Å². The molecular formula is C18H21NS2. The number of thioether (sulfide) groups is 2. The Morgan fingerprint density at radius 3 is 2.71 bits per heavy atom. The maximum absolute atomic E-state index is 3.36.